The number of hydrogen-bond acceptors (Lipinski definition) is 14. The molecule has 2 unspecified atom stereocenters. The summed E-state index contributed by atoms with van der Waals surface area (Å²) in [7, 11) is -2.56. The minimum absolute atomic E-state index is 0.235. The van der Waals surface area contributed by atoms with E-state index in [1.165, 1.54) is 0 Å². The Hall–Kier alpha value is -7.31. The van der Waals surface area contributed by atoms with Gasteiger partial charge in [0.2, 0.25) is 0 Å². The predicted octanol–water partition coefficient (Wildman–Crippen LogP) is 13.5. The fourth-order valence-electron chi connectivity index (χ4n) is 10.3. The van der Waals surface area contributed by atoms with Gasteiger partial charge in [-0.2, -0.15) is 10.5 Å². The van der Waals surface area contributed by atoms with Crippen LogP contribution in [-0.4, -0.2) is 107 Å². The maximum atomic E-state index is 13.2. The minimum Gasteiger partial charge on any atom is -0.494 e. The van der Waals surface area contributed by atoms with Crippen molar-refractivity contribution in [2.45, 2.75) is 157 Å². The van der Waals surface area contributed by atoms with Gasteiger partial charge in [-0.05, 0) is 153 Å². The number of carbonyl (C=O) groups is 2. The number of carbonyl (C=O) groups excluding carboxylic acids is 2. The third-order valence-corrected chi connectivity index (χ3v) is 17.6. The second-order valence-corrected chi connectivity index (χ2v) is 36.9. The predicted molar refractivity (Wildman–Crippen MR) is 338 cm³/mol. The minimum atomic E-state index is -1.29. The van der Waals surface area contributed by atoms with Crippen LogP contribution in [0.4, 0.5) is 9.59 Å². The molecule has 0 aliphatic carbocycles. The van der Waals surface area contributed by atoms with E-state index in [4.69, 9.17) is 49.9 Å². The summed E-state index contributed by atoms with van der Waals surface area (Å²) < 4.78 is 43.3. The number of nitriles is 2. The van der Waals surface area contributed by atoms with Crippen molar-refractivity contribution in [3.05, 3.63) is 118 Å². The van der Waals surface area contributed by atoms with Crippen LogP contribution in [-0.2, 0) is 32.4 Å². The molecule has 0 radical (unpaired) electrons. The number of nitrogens with zero attached hydrogens (tertiary/aromatic N) is 8. The van der Waals surface area contributed by atoms with Crippen molar-refractivity contribution in [2.75, 3.05) is 39.5 Å². The van der Waals surface area contributed by atoms with Crippen molar-refractivity contribution in [3.63, 3.8) is 0 Å². The number of ether oxygens (including phenoxy) is 6. The first-order valence-electron chi connectivity index (χ1n) is 28.9. The maximum absolute atomic E-state index is 13.2. The average Bonchev–Trinajstić information content (AvgIpc) is 1.94. The lowest BCUT2D eigenvalue weighted by atomic mass is 9.92. The van der Waals surface area contributed by atoms with Crippen LogP contribution in [0.25, 0.3) is 43.9 Å². The molecule has 84 heavy (non-hydrogen) atoms. The molecule has 0 aliphatic rings. The molecular formula is C64H86N10O8Si2. The first kappa shape index (κ1) is 64.3. The zero-order valence-electron chi connectivity index (χ0n) is 52.2. The van der Waals surface area contributed by atoms with Gasteiger partial charge in [0.25, 0.3) is 0 Å². The molecule has 0 fully saturated rings. The molecule has 4 aromatic carbocycles. The molecule has 8 rings (SSSR count). The molecular weight excluding hydrogens is 1090 g/mol. The standard InChI is InChI=1S/2C32H43N5O4Si/c1-9-40-27-16-21(2)29-23(12-13-36(29)31(38)41-32(3,4)5)28(27)24(19-34)30-35-25-17-22(18-33)10-11-26(25)37(30)20-39-14-15-42(6,7)8;1-9-40-27-16-21(2)29-23(12-13-36(29)31(38)41-32(3,4)5)28(27)24(19-34)30-35-25-11-10-22(18-33)17-26(25)37(30)20-39-14-15-42(6,7)8/h2*10-13,16-17,24H,9,14-15,19-20,34H2,1-8H3. The van der Waals surface area contributed by atoms with Crippen LogP contribution in [0.5, 0.6) is 11.5 Å². The highest BCUT2D eigenvalue weighted by Crippen LogP contribution is 2.43. The summed E-state index contributed by atoms with van der Waals surface area (Å²) in [6.45, 7) is 36.1. The third kappa shape index (κ3) is 15.0. The highest BCUT2D eigenvalue weighted by molar-refractivity contribution is 6.76. The van der Waals surface area contributed by atoms with Crippen LogP contribution in [0.1, 0.15) is 112 Å². The molecule has 0 amide bonds. The zero-order valence-corrected chi connectivity index (χ0v) is 54.2. The van der Waals surface area contributed by atoms with Crippen LogP contribution in [0, 0.1) is 36.5 Å². The topological polar surface area (TPSA) is 235 Å². The fraction of sp³-hybridized carbons (Fsp3) is 0.469. The Labute approximate surface area is 496 Å². The Morgan fingerprint density at radius 2 is 1.01 bits per heavy atom. The Balaban J connectivity index is 0.000000241. The number of imidazole rings is 2. The van der Waals surface area contributed by atoms with E-state index in [1.54, 1.807) is 39.7 Å². The van der Waals surface area contributed by atoms with Crippen molar-refractivity contribution in [2.24, 2.45) is 11.5 Å². The average molecular weight is 1180 g/mol. The molecule has 0 spiro atoms. The second kappa shape index (κ2) is 26.3. The van der Waals surface area contributed by atoms with Gasteiger partial charge in [0.05, 0.1) is 81.4 Å². The monoisotopic (exact) mass is 1180 g/mol. The van der Waals surface area contributed by atoms with Gasteiger partial charge in [-0.3, -0.25) is 9.13 Å². The van der Waals surface area contributed by atoms with Gasteiger partial charge in [0, 0.05) is 76.7 Å². The normalized spacial score (nSPS) is 13.0. The number of nitrogens with two attached hydrogens (primary N) is 2. The summed E-state index contributed by atoms with van der Waals surface area (Å²) in [5.74, 6) is 2.04. The summed E-state index contributed by atoms with van der Waals surface area (Å²) in [4.78, 5) is 36.4. The highest BCUT2D eigenvalue weighted by atomic mass is 28.3. The van der Waals surface area contributed by atoms with E-state index < -0.39 is 39.5 Å². The molecule has 0 saturated heterocycles. The molecule has 0 saturated carbocycles. The highest BCUT2D eigenvalue weighted by Gasteiger charge is 2.32. The van der Waals surface area contributed by atoms with Gasteiger partial charge in [-0.1, -0.05) is 39.3 Å². The molecule has 8 aromatic rings. The van der Waals surface area contributed by atoms with Gasteiger partial charge in [-0.15, -0.1) is 0 Å². The lowest BCUT2D eigenvalue weighted by Gasteiger charge is -2.23. The van der Waals surface area contributed by atoms with E-state index in [1.807, 2.05) is 121 Å². The van der Waals surface area contributed by atoms with Crippen molar-refractivity contribution >= 4 is 72.2 Å². The smallest absolute Gasteiger partial charge is 0.419 e. The van der Waals surface area contributed by atoms with E-state index in [2.05, 4.69) is 51.4 Å². The lowest BCUT2D eigenvalue weighted by Crippen LogP contribution is -2.27. The Bertz CT molecular complexity index is 3630. The maximum Gasteiger partial charge on any atom is 0.419 e. The van der Waals surface area contributed by atoms with Gasteiger partial charge >= 0.3 is 12.2 Å². The Morgan fingerprint density at radius 3 is 1.42 bits per heavy atom. The molecule has 2 atom stereocenters. The summed E-state index contributed by atoms with van der Waals surface area (Å²) in [6.07, 6.45) is 2.57. The Morgan fingerprint density at radius 1 is 0.595 bits per heavy atom. The van der Waals surface area contributed by atoms with Crippen LogP contribution < -0.4 is 20.9 Å². The van der Waals surface area contributed by atoms with Gasteiger partial charge in [-0.25, -0.2) is 19.6 Å². The number of benzene rings is 4. The zero-order chi connectivity index (χ0) is 61.6. The van der Waals surface area contributed by atoms with Crippen molar-refractivity contribution in [1.29, 1.82) is 10.5 Å². The number of aryl methyl sites for hydroxylation is 2. The quantitative estimate of drug-likeness (QED) is 0.0534. The fourth-order valence-corrected chi connectivity index (χ4v) is 11.8. The van der Waals surface area contributed by atoms with E-state index >= 15 is 0 Å². The summed E-state index contributed by atoms with van der Waals surface area (Å²) in [5.41, 5.74) is 20.9. The first-order chi connectivity index (χ1) is 39.5. The van der Waals surface area contributed by atoms with Gasteiger partial charge in [0.1, 0.15) is 47.8 Å². The van der Waals surface area contributed by atoms with Crippen molar-refractivity contribution in [1.82, 2.24) is 28.2 Å². The molecule has 0 bridgehead atoms. The molecule has 18 nitrogen and oxygen atoms in total. The molecule has 20 heteroatoms. The number of fused-ring (bicyclic) bond motifs is 4. The van der Waals surface area contributed by atoms with E-state index in [0.717, 1.165) is 72.7 Å². The van der Waals surface area contributed by atoms with Gasteiger partial charge < -0.3 is 49.0 Å². The van der Waals surface area contributed by atoms with Crippen LogP contribution in [0.3, 0.4) is 0 Å². The lowest BCUT2D eigenvalue weighted by molar-refractivity contribution is 0.0533. The van der Waals surface area contributed by atoms with Crippen LogP contribution in [0.15, 0.2) is 73.1 Å². The number of hydrogen-bond donors (Lipinski definition) is 2. The summed E-state index contributed by atoms with van der Waals surface area (Å²) >= 11 is 0. The number of aromatic nitrogens is 6. The van der Waals surface area contributed by atoms with Crippen molar-refractivity contribution < 1.29 is 38.0 Å². The largest absolute Gasteiger partial charge is 0.494 e. The van der Waals surface area contributed by atoms with Crippen molar-refractivity contribution in [3.8, 4) is 23.6 Å². The van der Waals surface area contributed by atoms with Crippen LogP contribution >= 0.6 is 0 Å². The van der Waals surface area contributed by atoms with Gasteiger partial charge in [0.15, 0.2) is 0 Å². The molecule has 0 aliphatic heterocycles. The molecule has 4 N–H and O–H groups in total. The molecule has 4 heterocycles. The van der Waals surface area contributed by atoms with E-state index in [9.17, 15) is 20.1 Å². The SMILES string of the molecule is CCOc1cc(C)c2c(ccn2C(=O)OC(C)(C)C)c1C(CN)c1nc2cc(C#N)ccc2n1COCC[Si](C)(C)C.CCOc1cc(C)c2c(ccn2C(=O)OC(C)(C)C)c1C(CN)c1nc2ccc(C#N)cc2n1COCC[Si](C)(C)C. The third-order valence-electron chi connectivity index (χ3n) is 14.1. The van der Waals surface area contributed by atoms with E-state index in [-0.39, 0.29) is 31.7 Å². The Kier molecular flexibility index (Phi) is 20.1. The summed E-state index contributed by atoms with van der Waals surface area (Å²) in [6, 6.07) is 25.2. The summed E-state index contributed by atoms with van der Waals surface area (Å²) in [5, 5.41) is 20.8. The van der Waals surface area contributed by atoms with E-state index in [0.29, 0.717) is 72.9 Å². The van der Waals surface area contributed by atoms with Crippen LogP contribution in [0.2, 0.25) is 51.4 Å². The number of rotatable bonds is 20. The molecule has 448 valence electrons. The molecule has 4 aromatic heterocycles. The second-order valence-electron chi connectivity index (χ2n) is 25.6. The first-order valence-corrected chi connectivity index (χ1v) is 36.3.